The van der Waals surface area contributed by atoms with E-state index in [1.54, 1.807) is 0 Å². The molecule has 0 aliphatic heterocycles. The minimum Gasteiger partial charge on any atom is -0.479 e. The maximum atomic E-state index is 10.7. The molecule has 0 rings (SSSR count). The van der Waals surface area contributed by atoms with Gasteiger partial charge in [0.15, 0.2) is 6.10 Å². The molecule has 0 aliphatic carbocycles. The van der Waals surface area contributed by atoms with Crippen LogP contribution in [0.5, 0.6) is 0 Å². The summed E-state index contributed by atoms with van der Waals surface area (Å²) in [5, 5.41) is 8.74. The molecular formula is C11H23O6P. The van der Waals surface area contributed by atoms with Crippen LogP contribution in [0.4, 0.5) is 0 Å². The summed E-state index contributed by atoms with van der Waals surface area (Å²) in [7, 11) is -4.73. The fourth-order valence-corrected chi connectivity index (χ4v) is 2.20. The number of carboxylic acids is 1. The lowest BCUT2D eigenvalue weighted by atomic mass is 10.1. The first-order valence-corrected chi connectivity index (χ1v) is 7.86. The molecule has 0 spiro atoms. The highest BCUT2D eigenvalue weighted by Crippen LogP contribution is 2.38. The van der Waals surface area contributed by atoms with Crippen LogP contribution in [0.3, 0.4) is 0 Å². The summed E-state index contributed by atoms with van der Waals surface area (Å²) in [6.07, 6.45) is 5.87. The monoisotopic (exact) mass is 282 g/mol. The quantitative estimate of drug-likeness (QED) is 0.397. The normalized spacial score (nSPS) is 13.5. The van der Waals surface area contributed by atoms with Crippen molar-refractivity contribution in [2.75, 3.05) is 0 Å². The molecule has 0 radical (unpaired) electrons. The van der Waals surface area contributed by atoms with Crippen LogP contribution in [0.1, 0.15) is 58.3 Å². The number of phosphoric acid groups is 1. The Kier molecular flexibility index (Phi) is 9.28. The van der Waals surface area contributed by atoms with E-state index in [1.165, 1.54) is 19.3 Å². The van der Waals surface area contributed by atoms with Crippen LogP contribution in [0.15, 0.2) is 0 Å². The second-order valence-corrected chi connectivity index (χ2v) is 5.52. The Morgan fingerprint density at radius 3 is 2.06 bits per heavy atom. The van der Waals surface area contributed by atoms with Crippen LogP contribution in [-0.2, 0) is 13.9 Å². The van der Waals surface area contributed by atoms with E-state index in [0.29, 0.717) is 6.42 Å². The molecule has 0 heterocycles. The van der Waals surface area contributed by atoms with E-state index in [9.17, 15) is 9.36 Å². The van der Waals surface area contributed by atoms with E-state index in [4.69, 9.17) is 14.9 Å². The number of carboxylic acid groups (broad SMARTS) is 1. The summed E-state index contributed by atoms with van der Waals surface area (Å²) in [5.74, 6) is -1.33. The van der Waals surface area contributed by atoms with Crippen LogP contribution in [-0.4, -0.2) is 27.0 Å². The van der Waals surface area contributed by atoms with Gasteiger partial charge < -0.3 is 14.9 Å². The lowest BCUT2D eigenvalue weighted by molar-refractivity contribution is -0.146. The molecule has 18 heavy (non-hydrogen) atoms. The van der Waals surface area contributed by atoms with Gasteiger partial charge in [-0.2, -0.15) is 0 Å². The Bertz CT molecular complexity index is 275. The molecule has 0 aromatic rings. The van der Waals surface area contributed by atoms with Crippen molar-refractivity contribution < 1.29 is 28.8 Å². The second-order valence-electron chi connectivity index (χ2n) is 4.33. The number of hydrogen-bond donors (Lipinski definition) is 3. The van der Waals surface area contributed by atoms with Gasteiger partial charge in [0.2, 0.25) is 0 Å². The first-order valence-electron chi connectivity index (χ1n) is 6.33. The average Bonchev–Trinajstić information content (AvgIpc) is 2.24. The molecule has 0 aromatic heterocycles. The van der Waals surface area contributed by atoms with Gasteiger partial charge in [-0.25, -0.2) is 9.36 Å². The third kappa shape index (κ3) is 10.7. The van der Waals surface area contributed by atoms with Crippen molar-refractivity contribution in [3.05, 3.63) is 0 Å². The zero-order valence-corrected chi connectivity index (χ0v) is 11.6. The van der Waals surface area contributed by atoms with Gasteiger partial charge >= 0.3 is 13.8 Å². The Morgan fingerprint density at radius 2 is 1.61 bits per heavy atom. The van der Waals surface area contributed by atoms with Crippen LogP contribution >= 0.6 is 7.82 Å². The van der Waals surface area contributed by atoms with Gasteiger partial charge in [-0.15, -0.1) is 0 Å². The third-order valence-electron chi connectivity index (χ3n) is 2.61. The number of aliphatic carboxylic acids is 1. The standard InChI is InChI=1S/C11H23O6P/c1-2-3-4-5-6-7-8-9-10(11(12)13)17-18(14,15)16/h10H,2-9H2,1H3,(H,12,13)(H2,14,15,16). The van der Waals surface area contributed by atoms with Gasteiger partial charge in [-0.1, -0.05) is 51.9 Å². The molecule has 0 fully saturated rings. The molecule has 108 valence electrons. The Morgan fingerprint density at radius 1 is 1.11 bits per heavy atom. The molecule has 6 nitrogen and oxygen atoms in total. The smallest absolute Gasteiger partial charge is 0.470 e. The van der Waals surface area contributed by atoms with E-state index in [1.807, 2.05) is 0 Å². The van der Waals surface area contributed by atoms with Crippen molar-refractivity contribution in [1.29, 1.82) is 0 Å². The van der Waals surface area contributed by atoms with E-state index in [-0.39, 0.29) is 6.42 Å². The summed E-state index contributed by atoms with van der Waals surface area (Å²) < 4.78 is 14.8. The molecule has 0 aliphatic rings. The molecule has 0 amide bonds. The lowest BCUT2D eigenvalue weighted by Gasteiger charge is -2.13. The van der Waals surface area contributed by atoms with Gasteiger partial charge in [0.25, 0.3) is 0 Å². The molecule has 3 N–H and O–H groups in total. The maximum Gasteiger partial charge on any atom is 0.470 e. The zero-order chi connectivity index (χ0) is 14.0. The largest absolute Gasteiger partial charge is 0.479 e. The highest BCUT2D eigenvalue weighted by Gasteiger charge is 2.27. The minimum atomic E-state index is -4.73. The predicted octanol–water partition coefficient (Wildman–Crippen LogP) is 2.69. The Labute approximate surface area is 108 Å². The number of unbranched alkanes of at least 4 members (excludes halogenated alkanes) is 6. The lowest BCUT2D eigenvalue weighted by Crippen LogP contribution is -2.22. The van der Waals surface area contributed by atoms with E-state index < -0.39 is 19.9 Å². The van der Waals surface area contributed by atoms with Crippen molar-refractivity contribution in [2.45, 2.75) is 64.4 Å². The van der Waals surface area contributed by atoms with Gasteiger partial charge in [0, 0.05) is 0 Å². The molecule has 7 heteroatoms. The fourth-order valence-electron chi connectivity index (χ4n) is 1.67. The number of carbonyl (C=O) groups is 1. The predicted molar refractivity (Wildman–Crippen MR) is 67.2 cm³/mol. The van der Waals surface area contributed by atoms with Crippen molar-refractivity contribution in [2.24, 2.45) is 0 Å². The van der Waals surface area contributed by atoms with Crippen LogP contribution in [0.2, 0.25) is 0 Å². The first-order chi connectivity index (χ1) is 8.37. The molecule has 0 aromatic carbocycles. The van der Waals surface area contributed by atoms with Crippen molar-refractivity contribution in [3.63, 3.8) is 0 Å². The average molecular weight is 282 g/mol. The van der Waals surface area contributed by atoms with Gasteiger partial charge in [0.05, 0.1) is 0 Å². The second kappa shape index (κ2) is 9.50. The molecule has 1 atom stereocenters. The molecular weight excluding hydrogens is 259 g/mol. The van der Waals surface area contributed by atoms with Gasteiger partial charge in [0.1, 0.15) is 0 Å². The number of hydrogen-bond acceptors (Lipinski definition) is 3. The molecule has 0 saturated carbocycles. The van der Waals surface area contributed by atoms with E-state index in [0.717, 1.165) is 19.3 Å². The van der Waals surface area contributed by atoms with Crippen molar-refractivity contribution in [1.82, 2.24) is 0 Å². The fraction of sp³-hybridized carbons (Fsp3) is 0.909. The molecule has 0 bridgehead atoms. The molecule has 0 saturated heterocycles. The number of rotatable bonds is 11. The summed E-state index contributed by atoms with van der Waals surface area (Å²) in [5.41, 5.74) is 0. The topological polar surface area (TPSA) is 104 Å². The Balaban J connectivity index is 3.72. The van der Waals surface area contributed by atoms with Crippen molar-refractivity contribution >= 4 is 13.8 Å². The van der Waals surface area contributed by atoms with Gasteiger partial charge in [-0.05, 0) is 6.42 Å². The summed E-state index contributed by atoms with van der Waals surface area (Å²) in [6, 6.07) is 0. The SMILES string of the molecule is CCCCCCCCCC(OP(=O)(O)O)C(=O)O. The third-order valence-corrected chi connectivity index (χ3v) is 3.14. The number of phosphoric ester groups is 1. The molecule has 1 unspecified atom stereocenters. The highest BCUT2D eigenvalue weighted by atomic mass is 31.2. The summed E-state index contributed by atoms with van der Waals surface area (Å²) in [6.45, 7) is 2.14. The first kappa shape index (κ1) is 17.6. The van der Waals surface area contributed by atoms with Gasteiger partial charge in [-0.3, -0.25) is 4.52 Å². The van der Waals surface area contributed by atoms with Crippen LogP contribution in [0, 0.1) is 0 Å². The zero-order valence-electron chi connectivity index (χ0n) is 10.7. The summed E-state index contributed by atoms with van der Waals surface area (Å²) >= 11 is 0. The summed E-state index contributed by atoms with van der Waals surface area (Å²) in [4.78, 5) is 27.8. The maximum absolute atomic E-state index is 10.7. The highest BCUT2D eigenvalue weighted by molar-refractivity contribution is 7.46. The van der Waals surface area contributed by atoms with Crippen molar-refractivity contribution in [3.8, 4) is 0 Å². The Hall–Kier alpha value is -0.420. The minimum absolute atomic E-state index is 0.133. The van der Waals surface area contributed by atoms with E-state index >= 15 is 0 Å². The van der Waals surface area contributed by atoms with Crippen LogP contribution in [0.25, 0.3) is 0 Å². The van der Waals surface area contributed by atoms with Crippen LogP contribution < -0.4 is 0 Å². The van der Waals surface area contributed by atoms with E-state index in [2.05, 4.69) is 11.4 Å².